The van der Waals surface area contributed by atoms with Crippen molar-refractivity contribution in [3.8, 4) is 0 Å². The lowest BCUT2D eigenvalue weighted by Crippen LogP contribution is -2.43. The molecule has 4 heteroatoms. The van der Waals surface area contributed by atoms with Crippen molar-refractivity contribution in [2.75, 3.05) is 4.90 Å². The number of Topliss-reactive ketones (excluding diaryl/α,β-unsaturated/α-hetero) is 1. The number of amides is 1. The Hall–Kier alpha value is -2.75. The number of hydrogen-bond acceptors (Lipinski definition) is 3. The van der Waals surface area contributed by atoms with Gasteiger partial charge in [-0.05, 0) is 61.1 Å². The van der Waals surface area contributed by atoms with Crippen LogP contribution in [0.25, 0.3) is 0 Å². The maximum atomic E-state index is 13.3. The number of rotatable bonds is 2. The van der Waals surface area contributed by atoms with Gasteiger partial charge in [-0.15, -0.1) is 0 Å². The molecular weight excluding hydrogens is 348 g/mol. The molecule has 2 aromatic rings. The summed E-state index contributed by atoms with van der Waals surface area (Å²) in [4.78, 5) is 32.8. The number of nitrogens with zero attached hydrogens (tertiary/aromatic N) is 2. The molecule has 0 saturated carbocycles. The third kappa shape index (κ3) is 3.17. The lowest BCUT2D eigenvalue weighted by atomic mass is 9.70. The zero-order valence-electron chi connectivity index (χ0n) is 17.0. The fourth-order valence-corrected chi connectivity index (χ4v) is 4.41. The van der Waals surface area contributed by atoms with Gasteiger partial charge in [-0.25, -0.2) is 0 Å². The van der Waals surface area contributed by atoms with Crippen molar-refractivity contribution in [3.05, 3.63) is 70.7 Å². The van der Waals surface area contributed by atoms with Crippen LogP contribution in [0.2, 0.25) is 0 Å². The van der Waals surface area contributed by atoms with Crippen LogP contribution in [0.15, 0.2) is 53.9 Å². The van der Waals surface area contributed by atoms with Crippen LogP contribution in [0, 0.1) is 19.3 Å². The zero-order chi connectivity index (χ0) is 20.1. The van der Waals surface area contributed by atoms with Crippen molar-refractivity contribution in [1.29, 1.82) is 0 Å². The Morgan fingerprint density at radius 3 is 2.50 bits per heavy atom. The van der Waals surface area contributed by atoms with Gasteiger partial charge >= 0.3 is 0 Å². The van der Waals surface area contributed by atoms with Crippen molar-refractivity contribution < 1.29 is 9.59 Å². The fourth-order valence-electron chi connectivity index (χ4n) is 4.41. The monoisotopic (exact) mass is 374 g/mol. The summed E-state index contributed by atoms with van der Waals surface area (Å²) in [5, 5.41) is 0. The van der Waals surface area contributed by atoms with Crippen LogP contribution in [0.4, 0.5) is 5.69 Å². The summed E-state index contributed by atoms with van der Waals surface area (Å²) in [7, 11) is 0. The van der Waals surface area contributed by atoms with E-state index >= 15 is 0 Å². The molecule has 144 valence electrons. The Bertz CT molecular complexity index is 989. The van der Waals surface area contributed by atoms with Gasteiger partial charge in [0.25, 0.3) is 0 Å². The summed E-state index contributed by atoms with van der Waals surface area (Å²) < 4.78 is 0. The summed E-state index contributed by atoms with van der Waals surface area (Å²) in [6, 6.07) is 11.8. The largest absolute Gasteiger partial charge is 0.294 e. The second kappa shape index (κ2) is 6.69. The first kappa shape index (κ1) is 18.6. The van der Waals surface area contributed by atoms with Gasteiger partial charge in [-0.3, -0.25) is 19.5 Å². The summed E-state index contributed by atoms with van der Waals surface area (Å²) >= 11 is 0. The van der Waals surface area contributed by atoms with Crippen LogP contribution in [-0.2, 0) is 9.59 Å². The molecule has 2 aliphatic rings. The van der Waals surface area contributed by atoms with E-state index in [1.165, 1.54) is 5.56 Å². The first-order chi connectivity index (χ1) is 13.3. The minimum atomic E-state index is -0.255. The minimum absolute atomic E-state index is 0.0307. The van der Waals surface area contributed by atoms with Crippen LogP contribution in [0.5, 0.6) is 0 Å². The molecule has 28 heavy (non-hydrogen) atoms. The molecule has 1 atom stereocenters. The molecule has 1 amide bonds. The third-order valence-electron chi connectivity index (χ3n) is 5.94. The van der Waals surface area contributed by atoms with Gasteiger partial charge in [0.05, 0.1) is 0 Å². The van der Waals surface area contributed by atoms with Crippen molar-refractivity contribution in [2.24, 2.45) is 5.41 Å². The number of ketones is 1. The lowest BCUT2D eigenvalue weighted by molar-refractivity contribution is -0.121. The smallest absolute Gasteiger partial charge is 0.232 e. The molecule has 1 aromatic heterocycles. The average Bonchev–Trinajstić information content (AvgIpc) is 2.63. The molecule has 0 fully saturated rings. The van der Waals surface area contributed by atoms with E-state index in [4.69, 9.17) is 0 Å². The molecule has 4 nitrogen and oxygen atoms in total. The van der Waals surface area contributed by atoms with E-state index in [1.54, 1.807) is 11.1 Å². The quantitative estimate of drug-likeness (QED) is 0.754. The van der Waals surface area contributed by atoms with Crippen molar-refractivity contribution in [1.82, 2.24) is 4.98 Å². The molecule has 0 spiro atoms. The number of allylic oxidation sites excluding steroid dienone is 2. The van der Waals surface area contributed by atoms with Crippen LogP contribution < -0.4 is 4.90 Å². The highest BCUT2D eigenvalue weighted by Crippen LogP contribution is 2.47. The molecule has 0 N–H and O–H groups in total. The van der Waals surface area contributed by atoms with Gasteiger partial charge in [0, 0.05) is 47.6 Å². The van der Waals surface area contributed by atoms with E-state index in [0.717, 1.165) is 28.2 Å². The average molecular weight is 374 g/mol. The minimum Gasteiger partial charge on any atom is -0.294 e. The van der Waals surface area contributed by atoms with Gasteiger partial charge in [0.1, 0.15) is 0 Å². The Kier molecular flexibility index (Phi) is 4.45. The molecule has 0 radical (unpaired) electrons. The van der Waals surface area contributed by atoms with Crippen molar-refractivity contribution >= 4 is 17.4 Å². The first-order valence-electron chi connectivity index (χ1n) is 9.84. The molecule has 1 aliphatic carbocycles. The van der Waals surface area contributed by atoms with E-state index < -0.39 is 0 Å². The Morgan fingerprint density at radius 1 is 1.04 bits per heavy atom. The molecule has 1 unspecified atom stereocenters. The van der Waals surface area contributed by atoms with Crippen LogP contribution in [0.1, 0.15) is 55.8 Å². The second-order valence-electron chi connectivity index (χ2n) is 8.81. The van der Waals surface area contributed by atoms with Gasteiger partial charge in [0.15, 0.2) is 5.78 Å². The summed E-state index contributed by atoms with van der Waals surface area (Å²) in [5.74, 6) is -0.0820. The molecule has 1 aromatic carbocycles. The van der Waals surface area contributed by atoms with E-state index in [1.807, 2.05) is 36.4 Å². The molecular formula is C24H26N2O2. The van der Waals surface area contributed by atoms with Gasteiger partial charge in [-0.2, -0.15) is 0 Å². The topological polar surface area (TPSA) is 50.3 Å². The number of aryl methyl sites for hydroxylation is 2. The van der Waals surface area contributed by atoms with Crippen LogP contribution >= 0.6 is 0 Å². The Balaban J connectivity index is 1.90. The normalized spacial score (nSPS) is 21.7. The van der Waals surface area contributed by atoms with Crippen LogP contribution in [-0.4, -0.2) is 16.7 Å². The Morgan fingerprint density at radius 2 is 1.82 bits per heavy atom. The van der Waals surface area contributed by atoms with E-state index in [9.17, 15) is 9.59 Å². The third-order valence-corrected chi connectivity index (χ3v) is 5.94. The summed E-state index contributed by atoms with van der Waals surface area (Å²) in [6.45, 7) is 8.31. The van der Waals surface area contributed by atoms with Crippen LogP contribution in [0.3, 0.4) is 0 Å². The zero-order valence-corrected chi connectivity index (χ0v) is 17.0. The second-order valence-corrected chi connectivity index (χ2v) is 8.81. The SMILES string of the molecule is Cc1ccc(N2C(=O)CC(c3ccccn3)C3=C2CC(C)(C)CC3=O)cc1C. The number of aromatic nitrogens is 1. The summed E-state index contributed by atoms with van der Waals surface area (Å²) in [5.41, 5.74) is 5.45. The standard InChI is InChI=1S/C24H26N2O2/c1-15-8-9-17(11-16(15)2)26-20-13-24(3,4)14-21(27)23(20)18(12-22(26)28)19-7-5-6-10-25-19/h5-11,18H,12-14H2,1-4H3. The maximum absolute atomic E-state index is 13.3. The van der Waals surface area contributed by atoms with E-state index in [-0.39, 0.29) is 29.4 Å². The lowest BCUT2D eigenvalue weighted by Gasteiger charge is -2.42. The van der Waals surface area contributed by atoms with E-state index in [2.05, 4.69) is 32.7 Å². The van der Waals surface area contributed by atoms with Gasteiger partial charge < -0.3 is 0 Å². The number of pyridine rings is 1. The van der Waals surface area contributed by atoms with E-state index in [0.29, 0.717) is 12.8 Å². The number of benzene rings is 1. The molecule has 1 aliphatic heterocycles. The van der Waals surface area contributed by atoms with Crippen molar-refractivity contribution in [2.45, 2.75) is 52.9 Å². The molecule has 0 saturated heterocycles. The van der Waals surface area contributed by atoms with Gasteiger partial charge in [-0.1, -0.05) is 26.0 Å². The van der Waals surface area contributed by atoms with Crippen molar-refractivity contribution in [3.63, 3.8) is 0 Å². The highest BCUT2D eigenvalue weighted by atomic mass is 16.2. The Labute approximate surface area is 166 Å². The fraction of sp³-hybridized carbons (Fsp3) is 0.375. The van der Waals surface area contributed by atoms with Gasteiger partial charge in [0.2, 0.25) is 5.91 Å². The number of carbonyl (C=O) groups is 2. The highest BCUT2D eigenvalue weighted by Gasteiger charge is 2.44. The number of carbonyl (C=O) groups excluding carboxylic acids is 2. The predicted molar refractivity (Wildman–Crippen MR) is 110 cm³/mol. The highest BCUT2D eigenvalue weighted by molar-refractivity contribution is 6.07. The molecule has 0 bridgehead atoms. The predicted octanol–water partition coefficient (Wildman–Crippen LogP) is 4.86. The molecule has 2 heterocycles. The summed E-state index contributed by atoms with van der Waals surface area (Å²) in [6.07, 6.45) is 3.21. The number of anilines is 1. The first-order valence-corrected chi connectivity index (χ1v) is 9.84. The maximum Gasteiger partial charge on any atom is 0.232 e. The number of hydrogen-bond donors (Lipinski definition) is 0. The molecule has 4 rings (SSSR count).